The Hall–Kier alpha value is -1.36. The van der Waals surface area contributed by atoms with Crippen molar-refractivity contribution < 1.29 is 0 Å². The Balaban J connectivity index is 2.41. The smallest absolute Gasteiger partial charge is 0.101 e. The first-order valence-electron chi connectivity index (χ1n) is 12.9. The molecular formula is C30H46N2P2. The van der Waals surface area contributed by atoms with E-state index in [-0.39, 0.29) is 27.9 Å². The first kappa shape index (κ1) is 28.9. The average molecular weight is 497 g/mol. The topological polar surface area (TPSA) is 24.7 Å². The molecule has 2 rings (SSSR count). The van der Waals surface area contributed by atoms with E-state index in [4.69, 9.17) is 9.98 Å². The van der Waals surface area contributed by atoms with Crippen LogP contribution >= 0.6 is 15.8 Å². The number of hydrogen-bond donors (Lipinski definition) is 0. The maximum absolute atomic E-state index is 5.23. The molecule has 0 radical (unpaired) electrons. The minimum absolute atomic E-state index is 0.0136. The number of nitrogens with zero attached hydrogens (tertiary/aromatic N) is 2. The highest BCUT2D eigenvalue weighted by atomic mass is 31.1. The van der Waals surface area contributed by atoms with Gasteiger partial charge in [0.15, 0.2) is 0 Å². The van der Waals surface area contributed by atoms with Crippen LogP contribution < -0.4 is 0 Å². The standard InChI is InChI=1S/C30H46N2P2/c1-23(2)33(24(3)4)21-19-31-29(27-15-11-9-12-16-27)30(28-17-13-10-14-18-28)32-20-22-34(25(5)6)26(7)8/h9-20,23-26,29-30H,21-22H2,1-8H3/t29-,30-/m0/s1. The van der Waals surface area contributed by atoms with Crippen LogP contribution in [0, 0.1) is 0 Å². The van der Waals surface area contributed by atoms with Crippen LogP contribution in [0.15, 0.2) is 70.6 Å². The number of benzene rings is 2. The van der Waals surface area contributed by atoms with Gasteiger partial charge in [0.1, 0.15) is 12.1 Å². The van der Waals surface area contributed by atoms with Crippen molar-refractivity contribution in [2.24, 2.45) is 9.98 Å². The second-order valence-electron chi connectivity index (χ2n) is 10.1. The molecule has 2 atom stereocenters. The molecule has 2 aromatic rings. The molecule has 4 heteroatoms. The molecule has 0 aromatic heterocycles. The van der Waals surface area contributed by atoms with E-state index in [0.29, 0.717) is 22.6 Å². The summed E-state index contributed by atoms with van der Waals surface area (Å²) in [4.78, 5) is 10.5. The summed E-state index contributed by atoms with van der Waals surface area (Å²) < 4.78 is 0. The van der Waals surface area contributed by atoms with Gasteiger partial charge in [-0.15, -0.1) is 0 Å². The Morgan fingerprint density at radius 2 is 0.824 bits per heavy atom. The van der Waals surface area contributed by atoms with E-state index in [2.05, 4.69) is 128 Å². The molecule has 0 unspecified atom stereocenters. The van der Waals surface area contributed by atoms with Crippen molar-refractivity contribution in [2.75, 3.05) is 12.3 Å². The van der Waals surface area contributed by atoms with Gasteiger partial charge in [-0.3, -0.25) is 9.98 Å². The quantitative estimate of drug-likeness (QED) is 0.195. The van der Waals surface area contributed by atoms with Gasteiger partial charge in [0.05, 0.1) is 0 Å². The summed E-state index contributed by atoms with van der Waals surface area (Å²) >= 11 is 0. The van der Waals surface area contributed by atoms with Crippen LogP contribution in [0.25, 0.3) is 0 Å². The van der Waals surface area contributed by atoms with Crippen molar-refractivity contribution in [2.45, 2.75) is 90.1 Å². The fourth-order valence-electron chi connectivity index (χ4n) is 4.55. The highest BCUT2D eigenvalue weighted by Gasteiger charge is 2.24. The summed E-state index contributed by atoms with van der Waals surface area (Å²) in [6.45, 7) is 18.8. The largest absolute Gasteiger partial charge is 0.286 e. The van der Waals surface area contributed by atoms with E-state index in [0.717, 1.165) is 12.3 Å². The normalized spacial score (nSPS) is 14.6. The minimum atomic E-state index is -0.0712. The molecule has 0 N–H and O–H groups in total. The molecule has 2 nitrogen and oxygen atoms in total. The maximum Gasteiger partial charge on any atom is 0.101 e. The first-order chi connectivity index (χ1) is 16.2. The van der Waals surface area contributed by atoms with Gasteiger partial charge in [-0.1, -0.05) is 132 Å². The zero-order valence-corrected chi connectivity index (χ0v) is 24.4. The third-order valence-corrected chi connectivity index (χ3v) is 12.8. The summed E-state index contributed by atoms with van der Waals surface area (Å²) in [6.07, 6.45) is 6.57. The molecule has 0 bridgehead atoms. The monoisotopic (exact) mass is 496 g/mol. The van der Waals surface area contributed by atoms with Gasteiger partial charge >= 0.3 is 0 Å². The van der Waals surface area contributed by atoms with Crippen LogP contribution in [-0.4, -0.2) is 47.4 Å². The Labute approximate surface area is 212 Å². The van der Waals surface area contributed by atoms with Gasteiger partial charge < -0.3 is 0 Å². The number of hydrogen-bond acceptors (Lipinski definition) is 2. The maximum atomic E-state index is 5.23. The molecule has 0 saturated heterocycles. The fraction of sp³-hybridized carbons (Fsp3) is 0.533. The van der Waals surface area contributed by atoms with Crippen LogP contribution in [0.1, 0.15) is 78.6 Å². The van der Waals surface area contributed by atoms with Gasteiger partial charge in [0.25, 0.3) is 0 Å². The van der Waals surface area contributed by atoms with E-state index in [1.807, 2.05) is 0 Å². The molecular weight excluding hydrogens is 450 g/mol. The van der Waals surface area contributed by atoms with Gasteiger partial charge in [0.2, 0.25) is 0 Å². The van der Waals surface area contributed by atoms with Gasteiger partial charge in [0, 0.05) is 24.8 Å². The summed E-state index contributed by atoms with van der Waals surface area (Å²) in [6, 6.07) is 21.4. The third kappa shape index (κ3) is 9.02. The molecule has 0 aliphatic rings. The summed E-state index contributed by atoms with van der Waals surface area (Å²) in [7, 11) is -0.142. The molecule has 186 valence electrons. The molecule has 0 aliphatic carbocycles. The molecule has 34 heavy (non-hydrogen) atoms. The SMILES string of the molecule is CC(C)P(CC=N[C@@H](c1ccccc1)[C@@H](N=CCP(C(C)C)C(C)C)c1ccccc1)C(C)C. The molecule has 0 saturated carbocycles. The molecule has 0 aliphatic heterocycles. The van der Waals surface area contributed by atoms with Gasteiger partial charge in [-0.2, -0.15) is 0 Å². The van der Waals surface area contributed by atoms with Crippen molar-refractivity contribution in [1.29, 1.82) is 0 Å². The van der Waals surface area contributed by atoms with Crippen molar-refractivity contribution >= 4 is 28.3 Å². The Kier molecular flexibility index (Phi) is 12.7. The van der Waals surface area contributed by atoms with Crippen molar-refractivity contribution in [3.05, 3.63) is 71.8 Å². The Morgan fingerprint density at radius 3 is 1.09 bits per heavy atom. The Morgan fingerprint density at radius 1 is 0.529 bits per heavy atom. The molecule has 0 spiro atoms. The molecule has 0 heterocycles. The van der Waals surface area contributed by atoms with Crippen LogP contribution in [0.3, 0.4) is 0 Å². The summed E-state index contributed by atoms with van der Waals surface area (Å²) in [5.41, 5.74) is 5.32. The molecule has 0 fully saturated rings. The predicted molar refractivity (Wildman–Crippen MR) is 159 cm³/mol. The lowest BCUT2D eigenvalue weighted by Gasteiger charge is -2.26. The van der Waals surface area contributed by atoms with E-state index >= 15 is 0 Å². The lowest BCUT2D eigenvalue weighted by atomic mass is 9.94. The average Bonchev–Trinajstić information content (AvgIpc) is 2.80. The van der Waals surface area contributed by atoms with Crippen molar-refractivity contribution in [3.63, 3.8) is 0 Å². The minimum Gasteiger partial charge on any atom is -0.286 e. The number of aliphatic imine (C=N–C) groups is 2. The highest BCUT2D eigenvalue weighted by molar-refractivity contribution is 7.60. The predicted octanol–water partition coefficient (Wildman–Crippen LogP) is 9.21. The first-order valence-corrected chi connectivity index (χ1v) is 16.2. The van der Waals surface area contributed by atoms with Crippen LogP contribution in [0.5, 0.6) is 0 Å². The second kappa shape index (κ2) is 14.9. The van der Waals surface area contributed by atoms with E-state index in [1.165, 1.54) is 11.1 Å². The summed E-state index contributed by atoms with van der Waals surface area (Å²) in [5.74, 6) is 0. The van der Waals surface area contributed by atoms with Gasteiger partial charge in [-0.25, -0.2) is 0 Å². The molecule has 2 aromatic carbocycles. The zero-order valence-electron chi connectivity index (χ0n) is 22.6. The lowest BCUT2D eigenvalue weighted by Crippen LogP contribution is -2.12. The van der Waals surface area contributed by atoms with E-state index < -0.39 is 0 Å². The fourth-order valence-corrected chi connectivity index (χ4v) is 9.18. The van der Waals surface area contributed by atoms with E-state index in [1.54, 1.807) is 0 Å². The van der Waals surface area contributed by atoms with Crippen LogP contribution in [-0.2, 0) is 0 Å². The third-order valence-electron chi connectivity index (χ3n) is 6.35. The van der Waals surface area contributed by atoms with Crippen molar-refractivity contribution in [1.82, 2.24) is 0 Å². The van der Waals surface area contributed by atoms with Gasteiger partial charge in [-0.05, 0) is 33.8 Å². The van der Waals surface area contributed by atoms with Crippen LogP contribution in [0.4, 0.5) is 0 Å². The van der Waals surface area contributed by atoms with E-state index in [9.17, 15) is 0 Å². The number of rotatable bonds is 13. The van der Waals surface area contributed by atoms with Crippen molar-refractivity contribution in [3.8, 4) is 0 Å². The zero-order chi connectivity index (χ0) is 25.1. The lowest BCUT2D eigenvalue weighted by molar-refractivity contribution is 0.583. The Bertz CT molecular complexity index is 770. The second-order valence-corrected chi connectivity index (χ2v) is 17.1. The summed E-state index contributed by atoms with van der Waals surface area (Å²) in [5, 5.41) is 0. The van der Waals surface area contributed by atoms with Crippen LogP contribution in [0.2, 0.25) is 0 Å². The highest BCUT2D eigenvalue weighted by Crippen LogP contribution is 2.46. The molecule has 0 amide bonds.